The number of aromatic nitrogens is 1. The topological polar surface area (TPSA) is 70.7 Å². The van der Waals surface area contributed by atoms with Crippen molar-refractivity contribution >= 4 is 16.9 Å². The third-order valence-corrected chi connectivity index (χ3v) is 5.02. The maximum Gasteiger partial charge on any atom is 0.190 e. The molecule has 1 aromatic heterocycles. The van der Waals surface area contributed by atoms with Gasteiger partial charge in [-0.25, -0.2) is 4.39 Å². The number of guanidine groups is 1. The molecule has 2 aromatic carbocycles. The number of hydrogen-bond acceptors (Lipinski definition) is 3. The van der Waals surface area contributed by atoms with Crippen molar-refractivity contribution in [2.75, 3.05) is 26.9 Å². The van der Waals surface area contributed by atoms with Crippen LogP contribution in [0.3, 0.4) is 0 Å². The zero-order valence-electron chi connectivity index (χ0n) is 16.4. The van der Waals surface area contributed by atoms with Gasteiger partial charge in [0.15, 0.2) is 12.8 Å². The number of halogens is 1. The summed E-state index contributed by atoms with van der Waals surface area (Å²) in [5.41, 5.74) is 4.02. The van der Waals surface area contributed by atoms with Gasteiger partial charge in [0, 0.05) is 42.8 Å². The zero-order valence-corrected chi connectivity index (χ0v) is 16.4. The minimum Gasteiger partial charge on any atom is -0.467 e. The van der Waals surface area contributed by atoms with Gasteiger partial charge in [-0.2, -0.15) is 0 Å². The second kappa shape index (κ2) is 8.96. The minimum atomic E-state index is -0.269. The third kappa shape index (κ3) is 4.51. The third-order valence-electron chi connectivity index (χ3n) is 5.02. The molecular formula is C22H25FN4O2. The van der Waals surface area contributed by atoms with Crippen molar-refractivity contribution in [2.24, 2.45) is 4.99 Å². The van der Waals surface area contributed by atoms with Gasteiger partial charge in [-0.3, -0.25) is 4.99 Å². The fraction of sp³-hybridized carbons (Fsp3) is 0.318. The SMILES string of the molecule is CN=C(NCCc1cc(F)cc2c1OCOC2)NCCc1c[nH]c2ccccc12. The van der Waals surface area contributed by atoms with E-state index in [1.807, 2.05) is 6.07 Å². The average Bonchev–Trinajstić information content (AvgIpc) is 3.15. The number of ether oxygens (including phenoxy) is 2. The molecule has 0 aliphatic carbocycles. The molecule has 152 valence electrons. The summed E-state index contributed by atoms with van der Waals surface area (Å²) in [5, 5.41) is 7.86. The van der Waals surface area contributed by atoms with Crippen LogP contribution in [0.15, 0.2) is 47.6 Å². The molecule has 0 atom stereocenters. The monoisotopic (exact) mass is 396 g/mol. The molecule has 7 heteroatoms. The average molecular weight is 396 g/mol. The highest BCUT2D eigenvalue weighted by molar-refractivity contribution is 5.83. The number of hydrogen-bond donors (Lipinski definition) is 3. The van der Waals surface area contributed by atoms with E-state index >= 15 is 0 Å². The Hall–Kier alpha value is -3.06. The molecule has 0 bridgehead atoms. The Morgan fingerprint density at radius 2 is 1.93 bits per heavy atom. The standard InChI is InChI=1S/C22H25FN4O2/c1-24-22(26-9-7-16-12-27-20-5-3-2-4-19(16)20)25-8-6-15-10-18(23)11-17-13-28-14-29-21(15)17/h2-5,10-12,27H,6-9,13-14H2,1H3,(H2,24,25,26). The molecule has 0 radical (unpaired) electrons. The van der Waals surface area contributed by atoms with Gasteiger partial charge >= 0.3 is 0 Å². The van der Waals surface area contributed by atoms with Gasteiger partial charge in [-0.15, -0.1) is 0 Å². The van der Waals surface area contributed by atoms with Crippen molar-refractivity contribution in [3.63, 3.8) is 0 Å². The van der Waals surface area contributed by atoms with Gasteiger partial charge in [-0.05, 0) is 42.2 Å². The first-order valence-corrected chi connectivity index (χ1v) is 9.76. The van der Waals surface area contributed by atoms with E-state index in [1.165, 1.54) is 23.1 Å². The number of rotatable bonds is 6. The molecule has 2 heterocycles. The Labute approximate surface area is 169 Å². The van der Waals surface area contributed by atoms with Crippen molar-refractivity contribution in [1.29, 1.82) is 0 Å². The summed E-state index contributed by atoms with van der Waals surface area (Å²) in [6.07, 6.45) is 3.57. The van der Waals surface area contributed by atoms with Crippen LogP contribution in [0.5, 0.6) is 5.75 Å². The summed E-state index contributed by atoms with van der Waals surface area (Å²) in [6.45, 7) is 1.96. The first-order chi connectivity index (χ1) is 14.2. The van der Waals surface area contributed by atoms with Crippen LogP contribution in [0.4, 0.5) is 4.39 Å². The molecule has 29 heavy (non-hydrogen) atoms. The Morgan fingerprint density at radius 3 is 2.76 bits per heavy atom. The number of nitrogens with one attached hydrogen (secondary N) is 3. The number of fused-ring (bicyclic) bond motifs is 2. The van der Waals surface area contributed by atoms with Crippen LogP contribution in [0.2, 0.25) is 0 Å². The first kappa shape index (κ1) is 19.3. The quantitative estimate of drug-likeness (QED) is 0.442. The number of nitrogens with zero attached hydrogens (tertiary/aromatic N) is 1. The normalized spacial score (nSPS) is 13.8. The Kier molecular flexibility index (Phi) is 5.95. The zero-order chi connectivity index (χ0) is 20.1. The highest BCUT2D eigenvalue weighted by Gasteiger charge is 2.16. The van der Waals surface area contributed by atoms with Crippen LogP contribution in [-0.4, -0.2) is 37.9 Å². The molecule has 4 rings (SSSR count). The first-order valence-electron chi connectivity index (χ1n) is 9.76. The van der Waals surface area contributed by atoms with E-state index in [1.54, 1.807) is 7.05 Å². The van der Waals surface area contributed by atoms with E-state index in [2.05, 4.69) is 45.0 Å². The Balaban J connectivity index is 1.29. The van der Waals surface area contributed by atoms with Crippen molar-refractivity contribution < 1.29 is 13.9 Å². The molecule has 3 aromatic rings. The summed E-state index contributed by atoms with van der Waals surface area (Å²) in [7, 11) is 1.74. The van der Waals surface area contributed by atoms with E-state index in [-0.39, 0.29) is 12.6 Å². The lowest BCUT2D eigenvalue weighted by Gasteiger charge is -2.21. The molecule has 1 aliphatic rings. The molecule has 0 saturated carbocycles. The molecule has 0 fully saturated rings. The summed E-state index contributed by atoms with van der Waals surface area (Å²) in [5.74, 6) is 1.19. The number of para-hydroxylation sites is 1. The summed E-state index contributed by atoms with van der Waals surface area (Å²) in [4.78, 5) is 7.56. The molecule has 3 N–H and O–H groups in total. The van der Waals surface area contributed by atoms with Gasteiger partial charge in [0.2, 0.25) is 0 Å². The highest BCUT2D eigenvalue weighted by atomic mass is 19.1. The van der Waals surface area contributed by atoms with Crippen molar-refractivity contribution in [2.45, 2.75) is 19.4 Å². The number of aliphatic imine (C=N–C) groups is 1. The smallest absolute Gasteiger partial charge is 0.190 e. The van der Waals surface area contributed by atoms with Crippen LogP contribution in [0.1, 0.15) is 16.7 Å². The van der Waals surface area contributed by atoms with Crippen molar-refractivity contribution in [1.82, 2.24) is 15.6 Å². The van der Waals surface area contributed by atoms with E-state index < -0.39 is 0 Å². The van der Waals surface area contributed by atoms with Crippen LogP contribution in [0.25, 0.3) is 10.9 Å². The Bertz CT molecular complexity index is 1020. The molecule has 0 unspecified atom stereocenters. The van der Waals surface area contributed by atoms with Crippen molar-refractivity contribution in [3.8, 4) is 5.75 Å². The summed E-state index contributed by atoms with van der Waals surface area (Å²) >= 11 is 0. The Morgan fingerprint density at radius 1 is 1.14 bits per heavy atom. The largest absolute Gasteiger partial charge is 0.467 e. The molecule has 1 aliphatic heterocycles. The van der Waals surface area contributed by atoms with E-state index in [0.29, 0.717) is 19.6 Å². The molecule has 6 nitrogen and oxygen atoms in total. The van der Waals surface area contributed by atoms with Crippen LogP contribution >= 0.6 is 0 Å². The van der Waals surface area contributed by atoms with E-state index in [0.717, 1.165) is 41.3 Å². The van der Waals surface area contributed by atoms with Gasteiger partial charge in [0.1, 0.15) is 11.6 Å². The molecule has 0 spiro atoms. The predicted molar refractivity (Wildman–Crippen MR) is 112 cm³/mol. The second-order valence-corrected chi connectivity index (χ2v) is 6.95. The number of aromatic amines is 1. The van der Waals surface area contributed by atoms with Crippen LogP contribution in [-0.2, 0) is 24.2 Å². The predicted octanol–water partition coefficient (Wildman–Crippen LogP) is 3.12. The number of benzene rings is 2. The van der Waals surface area contributed by atoms with Gasteiger partial charge in [0.25, 0.3) is 0 Å². The second-order valence-electron chi connectivity index (χ2n) is 6.95. The number of H-pyrrole nitrogens is 1. The minimum absolute atomic E-state index is 0.204. The van der Waals surface area contributed by atoms with E-state index in [9.17, 15) is 4.39 Å². The van der Waals surface area contributed by atoms with Gasteiger partial charge in [-0.1, -0.05) is 18.2 Å². The summed E-state index contributed by atoms with van der Waals surface area (Å²) in [6, 6.07) is 11.3. The lowest BCUT2D eigenvalue weighted by atomic mass is 10.1. The molecule has 0 saturated heterocycles. The van der Waals surface area contributed by atoms with Crippen molar-refractivity contribution in [3.05, 3.63) is 65.1 Å². The molecule has 0 amide bonds. The fourth-order valence-corrected chi connectivity index (χ4v) is 3.63. The fourth-order valence-electron chi connectivity index (χ4n) is 3.63. The maximum atomic E-state index is 13.8. The lowest BCUT2D eigenvalue weighted by Crippen LogP contribution is -2.39. The van der Waals surface area contributed by atoms with Crippen LogP contribution in [0, 0.1) is 5.82 Å². The van der Waals surface area contributed by atoms with Gasteiger partial charge < -0.3 is 25.1 Å². The van der Waals surface area contributed by atoms with Crippen LogP contribution < -0.4 is 15.4 Å². The van der Waals surface area contributed by atoms with E-state index in [4.69, 9.17) is 9.47 Å². The summed E-state index contributed by atoms with van der Waals surface area (Å²) < 4.78 is 24.7. The maximum absolute atomic E-state index is 13.8. The highest BCUT2D eigenvalue weighted by Crippen LogP contribution is 2.29. The lowest BCUT2D eigenvalue weighted by molar-refractivity contribution is -0.0172. The molecular weight excluding hydrogens is 371 g/mol. The van der Waals surface area contributed by atoms with Gasteiger partial charge in [0.05, 0.1) is 6.61 Å².